The van der Waals surface area contributed by atoms with Crippen LogP contribution in [0.25, 0.3) is 0 Å². The molecule has 0 aromatic rings. The highest BCUT2D eigenvalue weighted by molar-refractivity contribution is 6.04. The molecular weight excluding hydrogens is 336 g/mol. The van der Waals surface area contributed by atoms with Crippen molar-refractivity contribution in [3.8, 4) is 6.07 Å². The Morgan fingerprint density at radius 3 is 2.59 bits per heavy atom. The van der Waals surface area contributed by atoms with Gasteiger partial charge in [-0.15, -0.1) is 0 Å². The lowest BCUT2D eigenvalue weighted by molar-refractivity contribution is -0.131. The van der Waals surface area contributed by atoms with E-state index < -0.39 is 5.41 Å². The van der Waals surface area contributed by atoms with Gasteiger partial charge >= 0.3 is 0 Å². The van der Waals surface area contributed by atoms with Crippen LogP contribution >= 0.6 is 0 Å². The molecule has 0 bridgehead atoms. The van der Waals surface area contributed by atoms with E-state index >= 15 is 0 Å². The molecule has 2 fully saturated rings. The highest BCUT2D eigenvalue weighted by Gasteiger charge is 2.53. The van der Waals surface area contributed by atoms with E-state index in [-0.39, 0.29) is 17.1 Å². The molecule has 146 valence electrons. The summed E-state index contributed by atoms with van der Waals surface area (Å²) in [4.78, 5) is 19.7. The summed E-state index contributed by atoms with van der Waals surface area (Å²) in [5.41, 5.74) is 5.49. The Bertz CT molecular complexity index is 745. The fourth-order valence-corrected chi connectivity index (χ4v) is 5.45. The number of aliphatic imine (C=N–C) groups is 1. The van der Waals surface area contributed by atoms with Crippen molar-refractivity contribution >= 4 is 11.6 Å². The summed E-state index contributed by atoms with van der Waals surface area (Å²) in [5, 5.41) is 9.48. The van der Waals surface area contributed by atoms with E-state index in [1.54, 1.807) is 0 Å². The minimum Gasteiger partial charge on any atom is -0.387 e. The van der Waals surface area contributed by atoms with Gasteiger partial charge < -0.3 is 10.6 Å². The molecule has 0 aromatic heterocycles. The first-order valence-electron chi connectivity index (χ1n) is 10.1. The summed E-state index contributed by atoms with van der Waals surface area (Å²) in [6, 6.07) is 2.13. The smallest absolute Gasteiger partial charge is 0.178 e. The summed E-state index contributed by atoms with van der Waals surface area (Å²) >= 11 is 0. The standard InChI is InChI=1S/C22H32N4O/c1-15(24)25-19(11-16-7-5-6-8-16)26-10-9-18-21(2,3)20(27)17(13-23)12-22(18,4)14-26/h11-12,16,18H,5-10,14H2,1-4H3,(H2,24,25)/b19-11+/t18-,22+/m1/s1. The van der Waals surface area contributed by atoms with Crippen molar-refractivity contribution in [2.45, 2.75) is 59.8 Å². The van der Waals surface area contributed by atoms with Gasteiger partial charge in [-0.3, -0.25) is 4.79 Å². The SMILES string of the molecule is CC(N)=N/C(=C\C1CCCC1)N1CC[C@@H]2C(C)(C)C(=O)C(C#N)=C[C@@]2(C)C1. The van der Waals surface area contributed by atoms with Crippen LogP contribution in [0.4, 0.5) is 0 Å². The summed E-state index contributed by atoms with van der Waals surface area (Å²) in [6.07, 6.45) is 10.1. The van der Waals surface area contributed by atoms with Crippen LogP contribution in [-0.4, -0.2) is 29.6 Å². The Morgan fingerprint density at radius 1 is 1.33 bits per heavy atom. The molecule has 1 heterocycles. The molecule has 1 saturated heterocycles. The van der Waals surface area contributed by atoms with Crippen molar-refractivity contribution in [3.63, 3.8) is 0 Å². The summed E-state index contributed by atoms with van der Waals surface area (Å²) in [5.74, 6) is 2.31. The fourth-order valence-electron chi connectivity index (χ4n) is 5.45. The maximum atomic E-state index is 12.7. The molecule has 1 aliphatic heterocycles. The van der Waals surface area contributed by atoms with Crippen molar-refractivity contribution < 1.29 is 4.79 Å². The number of hydrogen-bond acceptors (Lipinski definition) is 4. The number of rotatable bonds is 3. The highest BCUT2D eigenvalue weighted by Crippen LogP contribution is 2.52. The molecule has 3 aliphatic rings. The zero-order valence-electron chi connectivity index (χ0n) is 17.1. The molecule has 5 heteroatoms. The third-order valence-electron chi connectivity index (χ3n) is 6.71. The Hall–Kier alpha value is -2.09. The zero-order valence-corrected chi connectivity index (χ0v) is 17.1. The van der Waals surface area contributed by atoms with E-state index in [2.05, 4.69) is 29.0 Å². The second kappa shape index (κ2) is 7.14. The van der Waals surface area contributed by atoms with Gasteiger partial charge in [0.05, 0.1) is 11.4 Å². The Kier molecular flexibility index (Phi) is 5.20. The third-order valence-corrected chi connectivity index (χ3v) is 6.71. The lowest BCUT2D eigenvalue weighted by Crippen LogP contribution is -2.55. The second-order valence-electron chi connectivity index (χ2n) is 9.31. The van der Waals surface area contributed by atoms with Crippen LogP contribution in [0.1, 0.15) is 59.8 Å². The quantitative estimate of drug-likeness (QED) is 0.607. The van der Waals surface area contributed by atoms with E-state index in [4.69, 9.17) is 5.73 Å². The molecule has 0 radical (unpaired) electrons. The van der Waals surface area contributed by atoms with E-state index in [1.165, 1.54) is 25.7 Å². The summed E-state index contributed by atoms with van der Waals surface area (Å²) < 4.78 is 0. The number of nitriles is 1. The van der Waals surface area contributed by atoms with Gasteiger partial charge in [-0.25, -0.2) is 4.99 Å². The number of carbonyl (C=O) groups is 1. The van der Waals surface area contributed by atoms with Gasteiger partial charge in [0.15, 0.2) is 5.78 Å². The zero-order chi connectivity index (χ0) is 19.8. The predicted molar refractivity (Wildman–Crippen MR) is 108 cm³/mol. The molecule has 2 N–H and O–H groups in total. The number of likely N-dealkylation sites (tertiary alicyclic amines) is 1. The molecule has 1 saturated carbocycles. The molecule has 0 amide bonds. The predicted octanol–water partition coefficient (Wildman–Crippen LogP) is 3.78. The van der Waals surface area contributed by atoms with Crippen molar-refractivity contribution in [1.82, 2.24) is 4.90 Å². The molecule has 2 atom stereocenters. The minimum absolute atomic E-state index is 0.0153. The largest absolute Gasteiger partial charge is 0.387 e. The normalized spacial score (nSPS) is 32.1. The molecular formula is C22H32N4O. The van der Waals surface area contributed by atoms with E-state index in [9.17, 15) is 10.1 Å². The number of nitrogens with two attached hydrogens (primary N) is 1. The first-order valence-corrected chi connectivity index (χ1v) is 10.1. The lowest BCUT2D eigenvalue weighted by atomic mass is 9.55. The van der Waals surface area contributed by atoms with Crippen LogP contribution < -0.4 is 5.73 Å². The van der Waals surface area contributed by atoms with Gasteiger partial charge in [-0.05, 0) is 44.1 Å². The average molecular weight is 369 g/mol. The molecule has 3 rings (SSSR count). The molecule has 2 aliphatic carbocycles. The van der Waals surface area contributed by atoms with Crippen LogP contribution in [0.5, 0.6) is 0 Å². The van der Waals surface area contributed by atoms with Crippen LogP contribution in [0.2, 0.25) is 0 Å². The highest BCUT2D eigenvalue weighted by atomic mass is 16.1. The number of fused-ring (bicyclic) bond motifs is 1. The number of ketones is 1. The van der Waals surface area contributed by atoms with Crippen LogP contribution in [-0.2, 0) is 4.79 Å². The van der Waals surface area contributed by atoms with Crippen LogP contribution in [0.15, 0.2) is 28.5 Å². The first-order chi connectivity index (χ1) is 12.7. The number of nitrogens with zero attached hydrogens (tertiary/aromatic N) is 3. The number of carbonyl (C=O) groups excluding carboxylic acids is 1. The van der Waals surface area contributed by atoms with Crippen molar-refractivity contribution in [2.75, 3.05) is 13.1 Å². The summed E-state index contributed by atoms with van der Waals surface area (Å²) in [6.45, 7) is 9.62. The van der Waals surface area contributed by atoms with Gasteiger partial charge in [0.1, 0.15) is 11.9 Å². The van der Waals surface area contributed by atoms with Gasteiger partial charge in [-0.2, -0.15) is 5.26 Å². The number of allylic oxidation sites excluding steroid dienone is 2. The molecule has 5 nitrogen and oxygen atoms in total. The van der Waals surface area contributed by atoms with Crippen molar-refractivity contribution in [2.24, 2.45) is 33.4 Å². The van der Waals surface area contributed by atoms with Gasteiger partial charge in [-0.1, -0.05) is 39.7 Å². The van der Waals surface area contributed by atoms with Gasteiger partial charge in [0.25, 0.3) is 0 Å². The topological polar surface area (TPSA) is 82.5 Å². The van der Waals surface area contributed by atoms with Gasteiger partial charge in [0.2, 0.25) is 0 Å². The van der Waals surface area contributed by atoms with E-state index in [0.29, 0.717) is 17.3 Å². The van der Waals surface area contributed by atoms with Crippen LogP contribution in [0.3, 0.4) is 0 Å². The monoisotopic (exact) mass is 368 g/mol. The summed E-state index contributed by atoms with van der Waals surface area (Å²) in [7, 11) is 0. The molecule has 0 aromatic carbocycles. The fraction of sp³-hybridized carbons (Fsp3) is 0.682. The maximum absolute atomic E-state index is 12.7. The Labute approximate surface area is 163 Å². The molecule has 0 unspecified atom stereocenters. The third kappa shape index (κ3) is 3.67. The van der Waals surface area contributed by atoms with Crippen molar-refractivity contribution in [3.05, 3.63) is 23.5 Å². The Morgan fingerprint density at radius 2 is 2.00 bits per heavy atom. The molecule has 0 spiro atoms. The van der Waals surface area contributed by atoms with Crippen molar-refractivity contribution in [1.29, 1.82) is 5.26 Å². The number of hydrogen-bond donors (Lipinski definition) is 1. The van der Waals surface area contributed by atoms with E-state index in [0.717, 1.165) is 25.3 Å². The van der Waals surface area contributed by atoms with E-state index in [1.807, 2.05) is 26.8 Å². The number of Topliss-reactive ketones (excluding diaryl/α,β-unsaturated/α-hetero) is 1. The van der Waals surface area contributed by atoms with Crippen LogP contribution in [0, 0.1) is 34.0 Å². The second-order valence-corrected chi connectivity index (χ2v) is 9.31. The lowest BCUT2D eigenvalue weighted by Gasteiger charge is -2.53. The molecule has 27 heavy (non-hydrogen) atoms. The maximum Gasteiger partial charge on any atom is 0.178 e. The minimum atomic E-state index is -0.511. The van der Waals surface area contributed by atoms with Gasteiger partial charge in [0, 0.05) is 23.9 Å². The number of amidine groups is 1. The first kappa shape index (κ1) is 19.7. The Balaban J connectivity index is 1.94. The number of piperidine rings is 1. The average Bonchev–Trinajstić information content (AvgIpc) is 3.10.